The summed E-state index contributed by atoms with van der Waals surface area (Å²) in [6, 6.07) is 22.3. The van der Waals surface area contributed by atoms with Crippen molar-refractivity contribution in [1.82, 2.24) is 0 Å². The van der Waals surface area contributed by atoms with Crippen LogP contribution in [0.2, 0.25) is 5.02 Å². The largest absolute Gasteiger partial charge is 0.326 e. The fourth-order valence-corrected chi connectivity index (χ4v) is 3.78. The smallest absolute Gasteiger partial charge is 0.234 e. The van der Waals surface area contributed by atoms with Crippen molar-refractivity contribution in [1.29, 1.82) is 0 Å². The van der Waals surface area contributed by atoms with Gasteiger partial charge in [0.15, 0.2) is 0 Å². The maximum atomic E-state index is 12.3. The molecule has 3 aromatic rings. The van der Waals surface area contributed by atoms with Gasteiger partial charge in [-0.1, -0.05) is 29.8 Å². The predicted octanol–water partition coefficient (Wildman–Crippen LogP) is 5.86. The molecular formula is C22H18ClIN2O2S. The van der Waals surface area contributed by atoms with E-state index in [1.54, 1.807) is 12.1 Å². The first-order valence-electron chi connectivity index (χ1n) is 8.80. The van der Waals surface area contributed by atoms with E-state index in [4.69, 9.17) is 11.6 Å². The van der Waals surface area contributed by atoms with Gasteiger partial charge in [0, 0.05) is 24.9 Å². The van der Waals surface area contributed by atoms with Crippen molar-refractivity contribution < 1.29 is 9.59 Å². The molecule has 0 saturated heterocycles. The van der Waals surface area contributed by atoms with Crippen LogP contribution in [0.5, 0.6) is 0 Å². The third-order valence-corrected chi connectivity index (χ3v) is 5.86. The van der Waals surface area contributed by atoms with Crippen LogP contribution >= 0.6 is 46.0 Å². The molecule has 2 amide bonds. The third-order valence-electron chi connectivity index (χ3n) is 3.89. The van der Waals surface area contributed by atoms with Crippen molar-refractivity contribution in [2.24, 2.45) is 0 Å². The van der Waals surface area contributed by atoms with E-state index in [1.165, 1.54) is 11.8 Å². The molecule has 0 unspecified atom stereocenters. The molecule has 3 aromatic carbocycles. The Bertz CT molecular complexity index is 994. The average molecular weight is 537 g/mol. The van der Waals surface area contributed by atoms with E-state index in [-0.39, 0.29) is 24.0 Å². The standard InChI is InChI=1S/C22H18ClIN2O2S/c23-16-6-4-15(5-7-16)12-21(27)26-19-2-1-3-20(13-19)29-14-22(28)25-18-10-8-17(24)9-11-18/h1-11,13H,12,14H2,(H,25,28)(H,26,27). The van der Waals surface area contributed by atoms with Crippen LogP contribution in [0.25, 0.3) is 0 Å². The molecular weight excluding hydrogens is 519 g/mol. The Kier molecular flexibility index (Phi) is 7.97. The van der Waals surface area contributed by atoms with Crippen LogP contribution in [0.15, 0.2) is 77.7 Å². The number of carbonyl (C=O) groups is 2. The molecule has 0 aliphatic rings. The molecule has 0 aliphatic heterocycles. The number of anilines is 2. The fourth-order valence-electron chi connectivity index (χ4n) is 2.54. The molecule has 0 aromatic heterocycles. The maximum absolute atomic E-state index is 12.3. The topological polar surface area (TPSA) is 58.2 Å². The molecule has 29 heavy (non-hydrogen) atoms. The number of benzene rings is 3. The number of hydrogen-bond acceptors (Lipinski definition) is 3. The minimum Gasteiger partial charge on any atom is -0.326 e. The highest BCUT2D eigenvalue weighted by Crippen LogP contribution is 2.22. The summed E-state index contributed by atoms with van der Waals surface area (Å²) < 4.78 is 1.12. The van der Waals surface area contributed by atoms with Crippen molar-refractivity contribution in [3.8, 4) is 0 Å². The SMILES string of the molecule is O=C(CSc1cccc(NC(=O)Cc2ccc(Cl)cc2)c1)Nc1ccc(I)cc1. The van der Waals surface area contributed by atoms with Crippen LogP contribution in [0.4, 0.5) is 11.4 Å². The zero-order valence-electron chi connectivity index (χ0n) is 15.3. The molecule has 0 aliphatic carbocycles. The van der Waals surface area contributed by atoms with Crippen molar-refractivity contribution in [2.75, 3.05) is 16.4 Å². The molecule has 2 N–H and O–H groups in total. The van der Waals surface area contributed by atoms with Crippen molar-refractivity contribution >= 4 is 69.1 Å². The van der Waals surface area contributed by atoms with Gasteiger partial charge in [0.1, 0.15) is 0 Å². The van der Waals surface area contributed by atoms with Crippen molar-refractivity contribution in [3.63, 3.8) is 0 Å². The van der Waals surface area contributed by atoms with E-state index in [1.807, 2.05) is 60.7 Å². The third kappa shape index (κ3) is 7.38. The number of nitrogens with one attached hydrogen (secondary N) is 2. The van der Waals surface area contributed by atoms with Gasteiger partial charge in [-0.3, -0.25) is 9.59 Å². The number of hydrogen-bond donors (Lipinski definition) is 2. The minimum atomic E-state index is -0.106. The van der Waals surface area contributed by atoms with E-state index < -0.39 is 0 Å². The van der Waals surface area contributed by atoms with E-state index in [0.29, 0.717) is 10.7 Å². The van der Waals surface area contributed by atoms with Gasteiger partial charge < -0.3 is 10.6 Å². The number of thioether (sulfide) groups is 1. The molecule has 4 nitrogen and oxygen atoms in total. The molecule has 0 bridgehead atoms. The lowest BCUT2D eigenvalue weighted by molar-refractivity contribution is -0.115. The van der Waals surface area contributed by atoms with Crippen molar-refractivity contribution in [2.45, 2.75) is 11.3 Å². The quantitative estimate of drug-likeness (QED) is 0.294. The van der Waals surface area contributed by atoms with Crippen LogP contribution in [0.3, 0.4) is 0 Å². The highest BCUT2D eigenvalue weighted by Gasteiger charge is 2.07. The Morgan fingerprint density at radius 1 is 0.862 bits per heavy atom. The van der Waals surface area contributed by atoms with Crippen molar-refractivity contribution in [3.05, 3.63) is 87.0 Å². The van der Waals surface area contributed by atoms with E-state index >= 15 is 0 Å². The van der Waals surface area contributed by atoms with Crippen LogP contribution in [-0.4, -0.2) is 17.6 Å². The van der Waals surface area contributed by atoms with Gasteiger partial charge in [-0.05, 0) is 82.8 Å². The van der Waals surface area contributed by atoms with Gasteiger partial charge in [0.25, 0.3) is 0 Å². The summed E-state index contributed by atoms with van der Waals surface area (Å²) in [6.45, 7) is 0. The number of carbonyl (C=O) groups excluding carboxylic acids is 2. The highest BCUT2D eigenvalue weighted by molar-refractivity contribution is 14.1. The van der Waals surface area contributed by atoms with E-state index in [9.17, 15) is 9.59 Å². The zero-order valence-corrected chi connectivity index (χ0v) is 19.1. The number of halogens is 2. The first-order chi connectivity index (χ1) is 14.0. The van der Waals surface area contributed by atoms with Crippen LogP contribution in [-0.2, 0) is 16.0 Å². The summed E-state index contributed by atoms with van der Waals surface area (Å²) in [6.07, 6.45) is 0.271. The van der Waals surface area contributed by atoms with Gasteiger partial charge in [0.05, 0.1) is 12.2 Å². The lowest BCUT2D eigenvalue weighted by Crippen LogP contribution is -2.15. The number of rotatable bonds is 7. The monoisotopic (exact) mass is 536 g/mol. The summed E-state index contributed by atoms with van der Waals surface area (Å²) in [5.41, 5.74) is 2.37. The molecule has 0 heterocycles. The second-order valence-corrected chi connectivity index (χ2v) is 8.95. The second kappa shape index (κ2) is 10.7. The fraction of sp³-hybridized carbons (Fsp3) is 0.0909. The second-order valence-electron chi connectivity index (χ2n) is 6.22. The van der Waals surface area contributed by atoms with Gasteiger partial charge >= 0.3 is 0 Å². The summed E-state index contributed by atoms with van der Waals surface area (Å²) in [4.78, 5) is 25.3. The molecule has 148 valence electrons. The summed E-state index contributed by atoms with van der Waals surface area (Å²) >= 11 is 9.51. The summed E-state index contributed by atoms with van der Waals surface area (Å²) in [5, 5.41) is 6.41. The Balaban J connectivity index is 1.50. The van der Waals surface area contributed by atoms with Crippen LogP contribution < -0.4 is 10.6 Å². The molecule has 0 saturated carbocycles. The summed E-state index contributed by atoms with van der Waals surface area (Å²) in [7, 11) is 0. The summed E-state index contributed by atoms with van der Waals surface area (Å²) in [5.74, 6) is 0.105. The Morgan fingerprint density at radius 2 is 1.55 bits per heavy atom. The number of amides is 2. The normalized spacial score (nSPS) is 10.4. The molecule has 7 heteroatoms. The first kappa shape index (κ1) is 21.7. The van der Waals surface area contributed by atoms with E-state index in [2.05, 4.69) is 33.2 Å². The van der Waals surface area contributed by atoms with Gasteiger partial charge in [-0.15, -0.1) is 11.8 Å². The van der Waals surface area contributed by atoms with Gasteiger partial charge in [0.2, 0.25) is 11.8 Å². The zero-order chi connectivity index (χ0) is 20.6. The molecule has 0 radical (unpaired) electrons. The lowest BCUT2D eigenvalue weighted by Gasteiger charge is -2.08. The molecule has 0 spiro atoms. The Hall–Kier alpha value is -2.03. The lowest BCUT2D eigenvalue weighted by atomic mass is 10.1. The van der Waals surface area contributed by atoms with Gasteiger partial charge in [-0.25, -0.2) is 0 Å². The molecule has 3 rings (SSSR count). The van der Waals surface area contributed by atoms with E-state index in [0.717, 1.165) is 19.7 Å². The Morgan fingerprint density at radius 3 is 2.28 bits per heavy atom. The molecule has 0 atom stereocenters. The highest BCUT2D eigenvalue weighted by atomic mass is 127. The first-order valence-corrected chi connectivity index (χ1v) is 11.2. The predicted molar refractivity (Wildman–Crippen MR) is 129 cm³/mol. The maximum Gasteiger partial charge on any atom is 0.234 e. The van der Waals surface area contributed by atoms with Gasteiger partial charge in [-0.2, -0.15) is 0 Å². The van der Waals surface area contributed by atoms with Crippen LogP contribution in [0, 0.1) is 3.57 Å². The minimum absolute atomic E-state index is 0.0756. The molecule has 0 fully saturated rings. The Labute approximate surface area is 192 Å². The van der Waals surface area contributed by atoms with Crippen LogP contribution in [0.1, 0.15) is 5.56 Å². The average Bonchev–Trinajstić information content (AvgIpc) is 2.70.